The fourth-order valence-electron chi connectivity index (χ4n) is 1.88. The first kappa shape index (κ1) is 13.4. The van der Waals surface area contributed by atoms with Crippen molar-refractivity contribution in [3.05, 3.63) is 0 Å². The van der Waals surface area contributed by atoms with Gasteiger partial charge in [0.25, 0.3) is 0 Å². The van der Waals surface area contributed by atoms with Crippen LogP contribution in [0.3, 0.4) is 0 Å². The Bertz CT molecular complexity index is 229. The molecule has 0 aliphatic carbocycles. The van der Waals surface area contributed by atoms with E-state index in [-0.39, 0.29) is 0 Å². The number of carboxylic acid groups (broad SMARTS) is 1. The van der Waals surface area contributed by atoms with Gasteiger partial charge in [0.1, 0.15) is 5.54 Å². The molecule has 0 aromatic rings. The molecule has 1 atom stereocenters. The molecule has 1 aliphatic heterocycles. The van der Waals surface area contributed by atoms with Crippen molar-refractivity contribution >= 4 is 5.97 Å². The first-order valence-corrected chi connectivity index (χ1v) is 5.91. The summed E-state index contributed by atoms with van der Waals surface area (Å²) in [6.07, 6.45) is 1.85. The molecule has 3 N–H and O–H groups in total. The van der Waals surface area contributed by atoms with Gasteiger partial charge in [-0.15, -0.1) is 0 Å². The summed E-state index contributed by atoms with van der Waals surface area (Å²) in [5, 5.41) is 9.01. The molecule has 1 rings (SSSR count). The van der Waals surface area contributed by atoms with Crippen molar-refractivity contribution in [2.75, 3.05) is 32.8 Å². The maximum absolute atomic E-state index is 11.0. The second-order valence-electron chi connectivity index (χ2n) is 4.37. The first-order chi connectivity index (χ1) is 7.58. The van der Waals surface area contributed by atoms with Crippen molar-refractivity contribution in [1.29, 1.82) is 0 Å². The lowest BCUT2D eigenvalue weighted by molar-refractivity contribution is -0.143. The average Bonchev–Trinajstić information content (AvgIpc) is 2.30. The van der Waals surface area contributed by atoms with Crippen LogP contribution in [0.25, 0.3) is 0 Å². The summed E-state index contributed by atoms with van der Waals surface area (Å²) in [4.78, 5) is 13.3. The number of carbonyl (C=O) groups is 1. The summed E-state index contributed by atoms with van der Waals surface area (Å²) in [6.45, 7) is 6.17. The van der Waals surface area contributed by atoms with Crippen LogP contribution in [-0.4, -0.2) is 54.4 Å². The van der Waals surface area contributed by atoms with Crippen LogP contribution in [-0.2, 0) is 9.53 Å². The van der Waals surface area contributed by atoms with Gasteiger partial charge in [-0.05, 0) is 25.8 Å². The van der Waals surface area contributed by atoms with E-state index in [0.29, 0.717) is 12.8 Å². The Labute approximate surface area is 96.6 Å². The lowest BCUT2D eigenvalue weighted by atomic mass is 9.92. The molecule has 5 heteroatoms. The fraction of sp³-hybridized carbons (Fsp3) is 0.909. The van der Waals surface area contributed by atoms with Crippen LogP contribution in [0.5, 0.6) is 0 Å². The van der Waals surface area contributed by atoms with Gasteiger partial charge in [-0.1, -0.05) is 6.92 Å². The summed E-state index contributed by atoms with van der Waals surface area (Å²) in [7, 11) is 0. The number of aliphatic carboxylic acids is 1. The molecule has 5 nitrogen and oxygen atoms in total. The van der Waals surface area contributed by atoms with E-state index in [1.807, 2.05) is 6.92 Å². The van der Waals surface area contributed by atoms with E-state index in [9.17, 15) is 4.79 Å². The van der Waals surface area contributed by atoms with Crippen LogP contribution in [0.4, 0.5) is 0 Å². The SMILES string of the molecule is CCC(N)(CCCN1CCOCC1)C(=O)O. The highest BCUT2D eigenvalue weighted by Gasteiger charge is 2.31. The van der Waals surface area contributed by atoms with E-state index in [1.54, 1.807) is 0 Å². The zero-order valence-corrected chi connectivity index (χ0v) is 9.95. The number of ether oxygens (including phenoxy) is 1. The van der Waals surface area contributed by atoms with E-state index in [2.05, 4.69) is 4.90 Å². The molecule has 0 spiro atoms. The van der Waals surface area contributed by atoms with Crippen LogP contribution < -0.4 is 5.73 Å². The quantitative estimate of drug-likeness (QED) is 0.686. The Balaban J connectivity index is 2.25. The zero-order valence-electron chi connectivity index (χ0n) is 9.95. The molecular formula is C11H22N2O3. The third-order valence-electron chi connectivity index (χ3n) is 3.26. The van der Waals surface area contributed by atoms with E-state index in [0.717, 1.165) is 39.3 Å². The Morgan fingerprint density at radius 1 is 1.50 bits per heavy atom. The number of morpholine rings is 1. The minimum Gasteiger partial charge on any atom is -0.480 e. The largest absolute Gasteiger partial charge is 0.480 e. The highest BCUT2D eigenvalue weighted by atomic mass is 16.5. The predicted octanol–water partition coefficient (Wildman–Crippen LogP) is 0.291. The lowest BCUT2D eigenvalue weighted by Crippen LogP contribution is -2.48. The summed E-state index contributed by atoms with van der Waals surface area (Å²) in [6, 6.07) is 0. The second-order valence-corrected chi connectivity index (χ2v) is 4.37. The van der Waals surface area contributed by atoms with E-state index in [4.69, 9.17) is 15.6 Å². The van der Waals surface area contributed by atoms with Gasteiger partial charge < -0.3 is 15.6 Å². The molecule has 94 valence electrons. The van der Waals surface area contributed by atoms with E-state index < -0.39 is 11.5 Å². The van der Waals surface area contributed by atoms with Gasteiger partial charge >= 0.3 is 5.97 Å². The third kappa shape index (κ3) is 3.73. The van der Waals surface area contributed by atoms with Crippen LogP contribution in [0.15, 0.2) is 0 Å². The molecule has 1 saturated heterocycles. The molecular weight excluding hydrogens is 208 g/mol. The highest BCUT2D eigenvalue weighted by molar-refractivity contribution is 5.78. The number of carboxylic acids is 1. The number of hydrogen-bond acceptors (Lipinski definition) is 4. The molecule has 0 saturated carbocycles. The Morgan fingerprint density at radius 2 is 2.12 bits per heavy atom. The molecule has 0 aromatic carbocycles. The van der Waals surface area contributed by atoms with Gasteiger partial charge in [0.2, 0.25) is 0 Å². The summed E-state index contributed by atoms with van der Waals surface area (Å²) >= 11 is 0. The van der Waals surface area contributed by atoms with Crippen molar-refractivity contribution < 1.29 is 14.6 Å². The maximum atomic E-state index is 11.0. The van der Waals surface area contributed by atoms with Gasteiger partial charge in [0.15, 0.2) is 0 Å². The monoisotopic (exact) mass is 230 g/mol. The molecule has 1 unspecified atom stereocenters. The normalized spacial score (nSPS) is 21.6. The third-order valence-corrected chi connectivity index (χ3v) is 3.26. The van der Waals surface area contributed by atoms with E-state index >= 15 is 0 Å². The van der Waals surface area contributed by atoms with Crippen molar-refractivity contribution in [3.8, 4) is 0 Å². The van der Waals surface area contributed by atoms with Crippen LogP contribution in [0, 0.1) is 0 Å². The molecule has 0 amide bonds. The molecule has 1 fully saturated rings. The van der Waals surface area contributed by atoms with Gasteiger partial charge in [-0.2, -0.15) is 0 Å². The minimum atomic E-state index is -1.05. The highest BCUT2D eigenvalue weighted by Crippen LogP contribution is 2.15. The van der Waals surface area contributed by atoms with E-state index in [1.165, 1.54) is 0 Å². The number of hydrogen-bond donors (Lipinski definition) is 2. The zero-order chi connectivity index (χ0) is 12.0. The smallest absolute Gasteiger partial charge is 0.323 e. The number of rotatable bonds is 6. The van der Waals surface area contributed by atoms with Crippen LogP contribution in [0.2, 0.25) is 0 Å². The maximum Gasteiger partial charge on any atom is 0.323 e. The first-order valence-electron chi connectivity index (χ1n) is 5.91. The van der Waals surface area contributed by atoms with Crippen molar-refractivity contribution in [2.24, 2.45) is 5.73 Å². The van der Waals surface area contributed by atoms with Gasteiger partial charge in [0.05, 0.1) is 13.2 Å². The summed E-state index contributed by atoms with van der Waals surface area (Å²) in [5.41, 5.74) is 4.76. The number of nitrogens with zero attached hydrogens (tertiary/aromatic N) is 1. The second kappa shape index (κ2) is 6.18. The molecule has 16 heavy (non-hydrogen) atoms. The standard InChI is InChI=1S/C11H22N2O3/c1-2-11(12,10(14)15)4-3-5-13-6-8-16-9-7-13/h2-9,12H2,1H3,(H,14,15). The molecule has 0 radical (unpaired) electrons. The summed E-state index contributed by atoms with van der Waals surface area (Å²) < 4.78 is 5.25. The lowest BCUT2D eigenvalue weighted by Gasteiger charge is -2.28. The van der Waals surface area contributed by atoms with Gasteiger partial charge in [-0.25, -0.2) is 0 Å². The van der Waals surface area contributed by atoms with Gasteiger partial charge in [0, 0.05) is 13.1 Å². The topological polar surface area (TPSA) is 75.8 Å². The predicted molar refractivity (Wildman–Crippen MR) is 61.3 cm³/mol. The Hall–Kier alpha value is -0.650. The van der Waals surface area contributed by atoms with Crippen molar-refractivity contribution in [2.45, 2.75) is 31.7 Å². The Kier molecular flexibility index (Phi) is 5.18. The average molecular weight is 230 g/mol. The minimum absolute atomic E-state index is 0.478. The Morgan fingerprint density at radius 3 is 2.62 bits per heavy atom. The molecule has 0 aromatic heterocycles. The fourth-order valence-corrected chi connectivity index (χ4v) is 1.88. The number of nitrogens with two attached hydrogens (primary N) is 1. The molecule has 0 bridgehead atoms. The van der Waals surface area contributed by atoms with Gasteiger partial charge in [-0.3, -0.25) is 9.69 Å². The van der Waals surface area contributed by atoms with Crippen LogP contribution >= 0.6 is 0 Å². The molecule has 1 heterocycles. The van der Waals surface area contributed by atoms with Crippen LogP contribution in [0.1, 0.15) is 26.2 Å². The summed E-state index contributed by atoms with van der Waals surface area (Å²) in [5.74, 6) is -0.892. The molecule has 1 aliphatic rings. The van der Waals surface area contributed by atoms with Crippen molar-refractivity contribution in [3.63, 3.8) is 0 Å². The van der Waals surface area contributed by atoms with Crippen molar-refractivity contribution in [1.82, 2.24) is 4.90 Å².